The number of rotatable bonds is 4. The molecule has 0 bridgehead atoms. The molecule has 0 aliphatic rings. The first kappa shape index (κ1) is 8.91. The third kappa shape index (κ3) is 5.79. The summed E-state index contributed by atoms with van der Waals surface area (Å²) in [6.07, 6.45) is 1.56. The minimum Gasteiger partial charge on any atom is -0.216 e. The van der Waals surface area contributed by atoms with Crippen molar-refractivity contribution in [3.63, 3.8) is 0 Å². The molecule has 0 aromatic rings. The molecular formula is C5H12NO2S. The summed E-state index contributed by atoms with van der Waals surface area (Å²) in [4.78, 5) is 0. The quantitative estimate of drug-likeness (QED) is 0.558. The third-order valence-electron chi connectivity index (χ3n) is 0.963. The van der Waals surface area contributed by atoms with E-state index in [4.69, 9.17) is 0 Å². The first-order valence-corrected chi connectivity index (χ1v) is 4.04. The van der Waals surface area contributed by atoms with Gasteiger partial charge in [0, 0.05) is 6.04 Å². The molecule has 0 fully saturated rings. The van der Waals surface area contributed by atoms with Gasteiger partial charge in [0.25, 0.3) is 0 Å². The molecule has 0 aliphatic heterocycles. The number of hydrogen-bond donors (Lipinski definition) is 2. The lowest BCUT2D eigenvalue weighted by atomic mass is 10.2. The second-order valence-electron chi connectivity index (χ2n) is 1.93. The van der Waals surface area contributed by atoms with Crippen LogP contribution in [0.4, 0.5) is 0 Å². The van der Waals surface area contributed by atoms with Crippen molar-refractivity contribution in [3.05, 3.63) is 6.92 Å². The molecule has 55 valence electrons. The Morgan fingerprint density at radius 2 is 2.22 bits per heavy atom. The lowest BCUT2D eigenvalue weighted by Gasteiger charge is -2.04. The van der Waals surface area contributed by atoms with Gasteiger partial charge >= 0.3 is 0 Å². The van der Waals surface area contributed by atoms with E-state index < -0.39 is 10.9 Å². The van der Waals surface area contributed by atoms with Crippen LogP contribution in [0, 0.1) is 6.92 Å². The predicted octanol–water partition coefficient (Wildman–Crippen LogP) is 0.105. The maximum atomic E-state index is 9.99. The largest absolute Gasteiger partial charge is 0.216 e. The van der Waals surface area contributed by atoms with E-state index in [0.29, 0.717) is 0 Å². The molecule has 0 saturated heterocycles. The number of thiol groups is 1. The molecule has 1 N–H and O–H groups in total. The minimum absolute atomic E-state index is 0.0311. The molecule has 0 aromatic carbocycles. The summed E-state index contributed by atoms with van der Waals surface area (Å²) < 4.78 is 22.3. The van der Waals surface area contributed by atoms with Crippen LogP contribution in [0.3, 0.4) is 0 Å². The van der Waals surface area contributed by atoms with Gasteiger partial charge in [0.15, 0.2) is 0 Å². The zero-order chi connectivity index (χ0) is 7.28. The van der Waals surface area contributed by atoms with Gasteiger partial charge in [-0.25, -0.2) is 13.1 Å². The summed E-state index contributed by atoms with van der Waals surface area (Å²) in [5.41, 5.74) is 0. The summed E-state index contributed by atoms with van der Waals surface area (Å²) >= 11 is 0. The van der Waals surface area contributed by atoms with Crippen molar-refractivity contribution in [3.8, 4) is 0 Å². The summed E-state index contributed by atoms with van der Waals surface area (Å²) in [6.45, 7) is 5.41. The van der Waals surface area contributed by atoms with Crippen molar-refractivity contribution in [1.29, 1.82) is 0 Å². The van der Waals surface area contributed by atoms with E-state index in [1.807, 2.05) is 6.92 Å². The highest BCUT2D eigenvalue weighted by atomic mass is 32.2. The Hall–Kier alpha value is -0.0900. The molecule has 0 aliphatic carbocycles. The van der Waals surface area contributed by atoms with Gasteiger partial charge in [0.05, 0.1) is 0 Å². The van der Waals surface area contributed by atoms with E-state index in [0.717, 1.165) is 12.8 Å². The average Bonchev–Trinajstić information content (AvgIpc) is 1.63. The van der Waals surface area contributed by atoms with Crippen LogP contribution in [-0.2, 0) is 10.9 Å². The van der Waals surface area contributed by atoms with Gasteiger partial charge in [0.2, 0.25) is 10.9 Å². The van der Waals surface area contributed by atoms with E-state index in [-0.39, 0.29) is 6.04 Å². The van der Waals surface area contributed by atoms with Crippen molar-refractivity contribution >= 4 is 10.9 Å². The molecule has 1 unspecified atom stereocenters. The van der Waals surface area contributed by atoms with E-state index in [1.165, 1.54) is 0 Å². The van der Waals surface area contributed by atoms with Crippen molar-refractivity contribution < 1.29 is 8.42 Å². The number of nitrogens with one attached hydrogen (secondary N) is 1. The molecule has 9 heavy (non-hydrogen) atoms. The van der Waals surface area contributed by atoms with Gasteiger partial charge in [-0.2, -0.15) is 0 Å². The maximum absolute atomic E-state index is 9.99. The summed E-state index contributed by atoms with van der Waals surface area (Å²) in [5, 5.41) is 0. The maximum Gasteiger partial charge on any atom is 0.201 e. The molecule has 0 saturated carbocycles. The van der Waals surface area contributed by atoms with Gasteiger partial charge in [-0.1, -0.05) is 13.3 Å². The first-order valence-electron chi connectivity index (χ1n) is 2.86. The van der Waals surface area contributed by atoms with E-state index in [2.05, 4.69) is 11.6 Å². The van der Waals surface area contributed by atoms with Crippen molar-refractivity contribution in [2.75, 3.05) is 0 Å². The zero-order valence-corrected chi connectivity index (χ0v) is 6.36. The Bertz CT molecular complexity index is 125. The molecule has 0 amide bonds. The molecule has 0 rings (SSSR count). The molecular weight excluding hydrogens is 138 g/mol. The Balaban J connectivity index is 3.37. The van der Waals surface area contributed by atoms with Crippen LogP contribution >= 0.6 is 0 Å². The minimum atomic E-state index is -2.43. The fraction of sp³-hybridized carbons (Fsp3) is 0.800. The van der Waals surface area contributed by atoms with E-state index >= 15 is 0 Å². The smallest absolute Gasteiger partial charge is 0.201 e. The summed E-state index contributed by atoms with van der Waals surface area (Å²) in [7, 11) is -2.43. The lowest BCUT2D eigenvalue weighted by molar-refractivity contribution is 0.566. The van der Waals surface area contributed by atoms with Gasteiger partial charge in [0.1, 0.15) is 0 Å². The second kappa shape index (κ2) is 4.76. The zero-order valence-electron chi connectivity index (χ0n) is 5.46. The first-order chi connectivity index (χ1) is 4.16. The van der Waals surface area contributed by atoms with Crippen LogP contribution in [0.25, 0.3) is 0 Å². The average molecular weight is 150 g/mol. The standard InChI is InChI=1S/C5H12NO2S/c1-3-4-5(2)6-9(7)8/h5,9H,1,3-4H2,2H3,(H,6,7,8). The van der Waals surface area contributed by atoms with Crippen LogP contribution < -0.4 is 4.72 Å². The second-order valence-corrected chi connectivity index (χ2v) is 2.70. The lowest BCUT2D eigenvalue weighted by Crippen LogP contribution is -2.23. The van der Waals surface area contributed by atoms with Crippen LogP contribution in [0.15, 0.2) is 0 Å². The van der Waals surface area contributed by atoms with Gasteiger partial charge in [-0.3, -0.25) is 0 Å². The van der Waals surface area contributed by atoms with Gasteiger partial charge in [-0.15, -0.1) is 0 Å². The monoisotopic (exact) mass is 150 g/mol. The van der Waals surface area contributed by atoms with Gasteiger partial charge in [-0.05, 0) is 13.3 Å². The van der Waals surface area contributed by atoms with Crippen LogP contribution in [0.1, 0.15) is 19.8 Å². The molecule has 0 heterocycles. The molecule has 3 nitrogen and oxygen atoms in total. The fourth-order valence-electron chi connectivity index (χ4n) is 0.551. The Kier molecular flexibility index (Phi) is 4.71. The normalized spacial score (nSPS) is 14.1. The van der Waals surface area contributed by atoms with Gasteiger partial charge < -0.3 is 0 Å². The predicted molar refractivity (Wildman–Crippen MR) is 37.5 cm³/mol. The number of hydrogen-bond acceptors (Lipinski definition) is 2. The van der Waals surface area contributed by atoms with Crippen LogP contribution in [0.5, 0.6) is 0 Å². The van der Waals surface area contributed by atoms with E-state index in [9.17, 15) is 8.42 Å². The van der Waals surface area contributed by atoms with Crippen molar-refractivity contribution in [2.24, 2.45) is 0 Å². The van der Waals surface area contributed by atoms with Crippen LogP contribution in [0.2, 0.25) is 0 Å². The molecule has 4 heteroatoms. The molecule has 1 atom stereocenters. The van der Waals surface area contributed by atoms with Crippen molar-refractivity contribution in [2.45, 2.75) is 25.8 Å². The summed E-state index contributed by atoms with van der Waals surface area (Å²) in [6, 6.07) is 0.0311. The highest BCUT2D eigenvalue weighted by Crippen LogP contribution is 1.92. The highest BCUT2D eigenvalue weighted by molar-refractivity contribution is 7.70. The van der Waals surface area contributed by atoms with Crippen molar-refractivity contribution in [1.82, 2.24) is 4.72 Å². The molecule has 1 radical (unpaired) electrons. The highest BCUT2D eigenvalue weighted by Gasteiger charge is 1.97. The molecule has 0 spiro atoms. The van der Waals surface area contributed by atoms with Crippen LogP contribution in [-0.4, -0.2) is 14.5 Å². The SMILES string of the molecule is [CH2]CCC(C)N[SH](=O)=O. The Morgan fingerprint density at radius 1 is 1.67 bits per heavy atom. The topological polar surface area (TPSA) is 46.2 Å². The Morgan fingerprint density at radius 3 is 2.56 bits per heavy atom. The van der Waals surface area contributed by atoms with E-state index in [1.54, 1.807) is 0 Å². The summed E-state index contributed by atoms with van der Waals surface area (Å²) in [5.74, 6) is 0. The Labute approximate surface area is 57.5 Å². The fourth-order valence-corrected chi connectivity index (χ4v) is 1.04. The molecule has 0 aromatic heterocycles. The third-order valence-corrected chi connectivity index (χ3v) is 1.61.